The zero-order chi connectivity index (χ0) is 13.7. The van der Waals surface area contributed by atoms with E-state index in [1.54, 1.807) is 19.2 Å². The molecule has 0 amide bonds. The third-order valence-corrected chi connectivity index (χ3v) is 3.95. The number of hydrogen-bond acceptors (Lipinski definition) is 4. The molecule has 0 spiro atoms. The predicted molar refractivity (Wildman–Crippen MR) is 70.5 cm³/mol. The van der Waals surface area contributed by atoms with Crippen molar-refractivity contribution >= 4 is 0 Å². The Bertz CT molecular complexity index is 686. The normalized spacial score (nSPS) is 21.0. The van der Waals surface area contributed by atoms with Gasteiger partial charge in [0.15, 0.2) is 0 Å². The van der Waals surface area contributed by atoms with Crippen LogP contribution >= 0.6 is 0 Å². The van der Waals surface area contributed by atoms with Gasteiger partial charge in [-0.1, -0.05) is 18.2 Å². The smallest absolute Gasteiger partial charge is 0.872 e. The zero-order valence-corrected chi connectivity index (χ0v) is 15.1. The first kappa shape index (κ1) is 15.2. The fraction of sp³-hybridized carbons (Fsp3) is 0.250. The van der Waals surface area contributed by atoms with Gasteiger partial charge in [-0.3, -0.25) is 0 Å². The average molecular weight is 308 g/mol. The summed E-state index contributed by atoms with van der Waals surface area (Å²) < 4.78 is 17.0. The van der Waals surface area contributed by atoms with E-state index >= 15 is 0 Å². The Morgan fingerprint density at radius 3 is 2.71 bits per heavy atom. The van der Waals surface area contributed by atoms with Gasteiger partial charge in [0.05, 0.1) is 19.6 Å². The number of rotatable bonds is 1. The van der Waals surface area contributed by atoms with Crippen molar-refractivity contribution in [2.75, 3.05) is 13.7 Å². The third kappa shape index (κ3) is 2.47. The standard InChI is InChI=1S/C16H14O4.K/c1-18-10-3-5-11-13-8-19-14-6-9(17)2-4-12(14)16(13)20-15(11)7-10;/h2-7,13,16-17H,8H2,1H3;/q;+1/p-1/t13-,16-;/m0./s1. The molecule has 0 aliphatic carbocycles. The van der Waals surface area contributed by atoms with Crippen molar-refractivity contribution in [1.82, 2.24) is 0 Å². The quantitative estimate of drug-likeness (QED) is 0.659. The summed E-state index contributed by atoms with van der Waals surface area (Å²) in [5.41, 5.74) is 2.07. The van der Waals surface area contributed by atoms with E-state index in [1.807, 2.05) is 18.2 Å². The van der Waals surface area contributed by atoms with Gasteiger partial charge < -0.3 is 19.3 Å². The molecule has 0 unspecified atom stereocenters. The minimum Gasteiger partial charge on any atom is -0.872 e. The molecule has 0 fully saturated rings. The van der Waals surface area contributed by atoms with Crippen molar-refractivity contribution in [1.29, 1.82) is 0 Å². The Labute approximate surface area is 165 Å². The van der Waals surface area contributed by atoms with E-state index in [-0.39, 0.29) is 69.2 Å². The number of methoxy groups -OCH3 is 1. The SMILES string of the molecule is COc1ccc2c(c1)O[C@H]1c3ccc([O-])cc3OC[C@@H]21.[K+]. The number of fused-ring (bicyclic) bond motifs is 5. The van der Waals surface area contributed by atoms with Crippen LogP contribution in [0.1, 0.15) is 23.1 Å². The minimum absolute atomic E-state index is 0. The van der Waals surface area contributed by atoms with Crippen LogP contribution < -0.4 is 70.7 Å². The van der Waals surface area contributed by atoms with E-state index in [2.05, 4.69) is 0 Å². The molecule has 5 heteroatoms. The van der Waals surface area contributed by atoms with Gasteiger partial charge in [0, 0.05) is 17.2 Å². The molecule has 2 atom stereocenters. The molecule has 4 rings (SSSR count). The second-order valence-electron chi connectivity index (χ2n) is 5.06. The van der Waals surface area contributed by atoms with E-state index in [4.69, 9.17) is 14.2 Å². The van der Waals surface area contributed by atoms with E-state index in [0.29, 0.717) is 12.4 Å². The van der Waals surface area contributed by atoms with Gasteiger partial charge >= 0.3 is 51.4 Å². The first-order valence-electron chi connectivity index (χ1n) is 6.54. The first-order chi connectivity index (χ1) is 9.76. The monoisotopic (exact) mass is 308 g/mol. The summed E-state index contributed by atoms with van der Waals surface area (Å²) in [6.45, 7) is 0.528. The molecule has 2 aliphatic heterocycles. The van der Waals surface area contributed by atoms with Crippen molar-refractivity contribution in [2.45, 2.75) is 12.0 Å². The van der Waals surface area contributed by atoms with Crippen LogP contribution in [0.3, 0.4) is 0 Å². The van der Waals surface area contributed by atoms with E-state index in [0.717, 1.165) is 22.6 Å². The van der Waals surface area contributed by atoms with Crippen molar-refractivity contribution in [3.05, 3.63) is 47.5 Å². The molecule has 0 bridgehead atoms. The number of hydrogen-bond donors (Lipinski definition) is 0. The summed E-state index contributed by atoms with van der Waals surface area (Å²) in [4.78, 5) is 0. The van der Waals surface area contributed by atoms with Crippen molar-refractivity contribution < 1.29 is 70.7 Å². The topological polar surface area (TPSA) is 50.8 Å². The second kappa shape index (κ2) is 5.81. The molecule has 21 heavy (non-hydrogen) atoms. The Hall–Kier alpha value is -0.724. The van der Waals surface area contributed by atoms with Crippen LogP contribution in [0.4, 0.5) is 0 Å². The van der Waals surface area contributed by atoms with Gasteiger partial charge in [-0.2, -0.15) is 0 Å². The summed E-state index contributed by atoms with van der Waals surface area (Å²) in [5.74, 6) is 2.37. The van der Waals surface area contributed by atoms with Crippen LogP contribution in [-0.4, -0.2) is 13.7 Å². The Balaban J connectivity index is 0.00000132. The van der Waals surface area contributed by atoms with Crippen molar-refractivity contribution in [3.8, 4) is 23.0 Å². The van der Waals surface area contributed by atoms with Gasteiger partial charge in [-0.25, -0.2) is 0 Å². The van der Waals surface area contributed by atoms with Gasteiger partial charge in [-0.15, -0.1) is 5.75 Å². The molecular formula is C16H13KO4. The maximum Gasteiger partial charge on any atom is 1.00 e. The fourth-order valence-electron chi connectivity index (χ4n) is 2.94. The molecular weight excluding hydrogens is 295 g/mol. The van der Waals surface area contributed by atoms with Crippen molar-refractivity contribution in [2.24, 2.45) is 0 Å². The molecule has 102 valence electrons. The molecule has 4 nitrogen and oxygen atoms in total. The minimum atomic E-state index is -0.0820. The van der Waals surface area contributed by atoms with E-state index in [1.165, 1.54) is 6.07 Å². The van der Waals surface area contributed by atoms with Gasteiger partial charge in [0.1, 0.15) is 23.4 Å². The van der Waals surface area contributed by atoms with Crippen LogP contribution in [0.2, 0.25) is 0 Å². The molecule has 2 aliphatic rings. The van der Waals surface area contributed by atoms with Crippen LogP contribution in [0.15, 0.2) is 36.4 Å². The van der Waals surface area contributed by atoms with Gasteiger partial charge in [0.25, 0.3) is 0 Å². The molecule has 2 aromatic carbocycles. The van der Waals surface area contributed by atoms with Crippen LogP contribution in [0.25, 0.3) is 0 Å². The van der Waals surface area contributed by atoms with E-state index in [9.17, 15) is 5.11 Å². The molecule has 0 N–H and O–H groups in total. The number of ether oxygens (including phenoxy) is 3. The summed E-state index contributed by atoms with van der Waals surface area (Å²) in [6, 6.07) is 10.7. The summed E-state index contributed by atoms with van der Waals surface area (Å²) >= 11 is 0. The molecule has 0 saturated carbocycles. The molecule has 0 saturated heterocycles. The molecule has 2 heterocycles. The van der Waals surface area contributed by atoms with Crippen LogP contribution in [0.5, 0.6) is 23.0 Å². The van der Waals surface area contributed by atoms with E-state index < -0.39 is 0 Å². The predicted octanol–water partition coefficient (Wildman–Crippen LogP) is -0.618. The summed E-state index contributed by atoms with van der Waals surface area (Å²) in [5, 5.41) is 11.4. The number of benzene rings is 2. The van der Waals surface area contributed by atoms with Crippen LogP contribution in [-0.2, 0) is 0 Å². The van der Waals surface area contributed by atoms with Gasteiger partial charge in [0.2, 0.25) is 0 Å². The third-order valence-electron chi connectivity index (χ3n) is 3.95. The second-order valence-corrected chi connectivity index (χ2v) is 5.06. The maximum atomic E-state index is 11.4. The fourth-order valence-corrected chi connectivity index (χ4v) is 2.94. The molecule has 0 aromatic heterocycles. The average Bonchev–Trinajstić information content (AvgIpc) is 2.84. The van der Waals surface area contributed by atoms with Gasteiger partial charge in [-0.05, 0) is 12.1 Å². The summed E-state index contributed by atoms with van der Waals surface area (Å²) in [7, 11) is 1.64. The first-order valence-corrected chi connectivity index (χ1v) is 6.54. The molecule has 0 radical (unpaired) electrons. The Kier molecular flexibility index (Phi) is 4.20. The Morgan fingerprint density at radius 1 is 1.10 bits per heavy atom. The Morgan fingerprint density at radius 2 is 1.90 bits per heavy atom. The zero-order valence-electron chi connectivity index (χ0n) is 12.0. The summed E-state index contributed by atoms with van der Waals surface area (Å²) in [6.07, 6.45) is -0.0820. The maximum absolute atomic E-state index is 11.4. The largest absolute Gasteiger partial charge is 1.00 e. The van der Waals surface area contributed by atoms with Crippen molar-refractivity contribution in [3.63, 3.8) is 0 Å². The van der Waals surface area contributed by atoms with Crippen LogP contribution in [0, 0.1) is 0 Å². The molecule has 2 aromatic rings.